The zero-order chi connectivity index (χ0) is 19.7. The van der Waals surface area contributed by atoms with Crippen LogP contribution in [0.1, 0.15) is 18.4 Å². The maximum Gasteiger partial charge on any atom is 0.225 e. The standard InChI is InChI=1S/C17H20N6O4S/c24-15-6-13(8-22(15)14-3-5-28(26,27)9-14)17(25)20-7-12-2-1-4-19-16(12)23-11-18-10-21-23/h1-2,4,10-11,13-14H,3,5-9H2,(H,20,25)/t13-,14-/m1/s1. The Morgan fingerprint density at radius 1 is 1.36 bits per heavy atom. The molecule has 2 aromatic heterocycles. The number of amides is 2. The number of hydrogen-bond acceptors (Lipinski definition) is 7. The molecule has 2 fully saturated rings. The summed E-state index contributed by atoms with van der Waals surface area (Å²) < 4.78 is 24.9. The first-order valence-corrected chi connectivity index (χ1v) is 10.8. The summed E-state index contributed by atoms with van der Waals surface area (Å²) in [5.41, 5.74) is 0.768. The summed E-state index contributed by atoms with van der Waals surface area (Å²) in [6, 6.07) is 3.29. The number of carbonyl (C=O) groups is 2. The Hall–Kier alpha value is -2.82. The van der Waals surface area contributed by atoms with E-state index in [2.05, 4.69) is 20.4 Å². The van der Waals surface area contributed by atoms with Crippen molar-refractivity contribution in [1.29, 1.82) is 0 Å². The Morgan fingerprint density at radius 2 is 2.21 bits per heavy atom. The molecule has 4 heterocycles. The Balaban J connectivity index is 1.39. The molecule has 0 unspecified atom stereocenters. The fourth-order valence-corrected chi connectivity index (χ4v) is 5.43. The van der Waals surface area contributed by atoms with Crippen LogP contribution in [0.2, 0.25) is 0 Å². The van der Waals surface area contributed by atoms with Crippen molar-refractivity contribution < 1.29 is 18.0 Å². The predicted molar refractivity (Wildman–Crippen MR) is 97.9 cm³/mol. The summed E-state index contributed by atoms with van der Waals surface area (Å²) in [4.78, 5) is 34.6. The lowest BCUT2D eigenvalue weighted by Crippen LogP contribution is -2.39. The molecule has 1 N–H and O–H groups in total. The number of pyridine rings is 1. The summed E-state index contributed by atoms with van der Waals surface area (Å²) >= 11 is 0. The number of hydrogen-bond donors (Lipinski definition) is 1. The molecule has 4 rings (SSSR count). The van der Waals surface area contributed by atoms with Crippen LogP contribution >= 0.6 is 0 Å². The molecule has 11 heteroatoms. The highest BCUT2D eigenvalue weighted by atomic mass is 32.2. The van der Waals surface area contributed by atoms with Crippen molar-refractivity contribution >= 4 is 21.7 Å². The second kappa shape index (κ2) is 7.30. The number of nitrogens with zero attached hydrogens (tertiary/aromatic N) is 5. The van der Waals surface area contributed by atoms with E-state index in [0.717, 1.165) is 5.56 Å². The van der Waals surface area contributed by atoms with E-state index >= 15 is 0 Å². The molecule has 2 aromatic rings. The van der Waals surface area contributed by atoms with Gasteiger partial charge in [0.05, 0.1) is 17.4 Å². The van der Waals surface area contributed by atoms with E-state index in [1.165, 1.54) is 17.3 Å². The average molecular weight is 404 g/mol. The van der Waals surface area contributed by atoms with E-state index in [4.69, 9.17) is 0 Å². The van der Waals surface area contributed by atoms with Crippen molar-refractivity contribution in [2.45, 2.75) is 25.4 Å². The second-order valence-corrected chi connectivity index (χ2v) is 9.28. The van der Waals surface area contributed by atoms with Crippen LogP contribution in [0.25, 0.3) is 5.82 Å². The lowest BCUT2D eigenvalue weighted by Gasteiger charge is -2.23. The van der Waals surface area contributed by atoms with Gasteiger partial charge in [-0.1, -0.05) is 6.07 Å². The van der Waals surface area contributed by atoms with Gasteiger partial charge < -0.3 is 10.2 Å². The third-order valence-corrected chi connectivity index (χ3v) is 6.89. The van der Waals surface area contributed by atoms with Gasteiger partial charge in [0.25, 0.3) is 0 Å². The molecule has 2 aliphatic heterocycles. The van der Waals surface area contributed by atoms with Crippen molar-refractivity contribution in [1.82, 2.24) is 30.0 Å². The molecule has 2 saturated heterocycles. The summed E-state index contributed by atoms with van der Waals surface area (Å²) in [7, 11) is -3.08. The molecule has 0 radical (unpaired) electrons. The lowest BCUT2D eigenvalue weighted by molar-refractivity contribution is -0.130. The van der Waals surface area contributed by atoms with Gasteiger partial charge in [0.15, 0.2) is 15.7 Å². The minimum Gasteiger partial charge on any atom is -0.352 e. The van der Waals surface area contributed by atoms with Crippen LogP contribution in [0.5, 0.6) is 0 Å². The van der Waals surface area contributed by atoms with Crippen molar-refractivity contribution in [2.24, 2.45) is 5.92 Å². The highest BCUT2D eigenvalue weighted by Gasteiger charge is 2.41. The Morgan fingerprint density at radius 3 is 2.93 bits per heavy atom. The van der Waals surface area contributed by atoms with E-state index in [0.29, 0.717) is 12.2 Å². The molecular weight excluding hydrogens is 384 g/mol. The van der Waals surface area contributed by atoms with E-state index < -0.39 is 15.8 Å². The number of carbonyl (C=O) groups excluding carboxylic acids is 2. The minimum atomic E-state index is -3.08. The lowest BCUT2D eigenvalue weighted by atomic mass is 10.1. The van der Waals surface area contributed by atoms with Gasteiger partial charge in [-0.15, -0.1) is 0 Å². The predicted octanol–water partition coefficient (Wildman–Crippen LogP) is -0.686. The number of aromatic nitrogens is 4. The normalized spacial score (nSPS) is 23.9. The molecule has 0 aliphatic carbocycles. The third-order valence-electron chi connectivity index (χ3n) is 5.13. The van der Waals surface area contributed by atoms with Crippen LogP contribution < -0.4 is 5.32 Å². The Kier molecular flexibility index (Phi) is 4.84. The number of likely N-dealkylation sites (tertiary alicyclic amines) is 1. The van der Waals surface area contributed by atoms with Gasteiger partial charge in [0.2, 0.25) is 11.8 Å². The second-order valence-electron chi connectivity index (χ2n) is 7.05. The van der Waals surface area contributed by atoms with Gasteiger partial charge in [-0.2, -0.15) is 5.10 Å². The van der Waals surface area contributed by atoms with E-state index in [1.54, 1.807) is 17.2 Å². The first-order chi connectivity index (χ1) is 13.4. The van der Waals surface area contributed by atoms with Crippen molar-refractivity contribution in [3.8, 4) is 5.82 Å². The van der Waals surface area contributed by atoms with Crippen LogP contribution in [-0.2, 0) is 26.0 Å². The van der Waals surface area contributed by atoms with Gasteiger partial charge in [-0.25, -0.2) is 23.1 Å². The monoisotopic (exact) mass is 404 g/mol. The van der Waals surface area contributed by atoms with Crippen LogP contribution in [-0.4, -0.2) is 69.0 Å². The maximum atomic E-state index is 12.6. The number of rotatable bonds is 5. The average Bonchev–Trinajstić information content (AvgIpc) is 3.40. The van der Waals surface area contributed by atoms with E-state index in [1.807, 2.05) is 6.07 Å². The fourth-order valence-electron chi connectivity index (χ4n) is 3.70. The van der Waals surface area contributed by atoms with Crippen molar-refractivity contribution in [2.75, 3.05) is 18.1 Å². The topological polar surface area (TPSA) is 127 Å². The highest BCUT2D eigenvalue weighted by Crippen LogP contribution is 2.26. The molecule has 0 spiro atoms. The van der Waals surface area contributed by atoms with Gasteiger partial charge in [-0.05, 0) is 12.5 Å². The van der Waals surface area contributed by atoms with Gasteiger partial charge >= 0.3 is 0 Å². The smallest absolute Gasteiger partial charge is 0.225 e. The molecule has 2 atom stereocenters. The van der Waals surface area contributed by atoms with E-state index in [9.17, 15) is 18.0 Å². The molecule has 2 amide bonds. The Labute approximate surface area is 161 Å². The molecular formula is C17H20N6O4S. The Bertz CT molecular complexity index is 991. The summed E-state index contributed by atoms with van der Waals surface area (Å²) in [6.07, 6.45) is 5.10. The molecule has 0 bridgehead atoms. The van der Waals surface area contributed by atoms with Gasteiger partial charge in [-0.3, -0.25) is 9.59 Å². The van der Waals surface area contributed by atoms with Gasteiger partial charge in [0.1, 0.15) is 12.7 Å². The van der Waals surface area contributed by atoms with Crippen molar-refractivity contribution in [3.63, 3.8) is 0 Å². The van der Waals surface area contributed by atoms with Crippen LogP contribution in [0.15, 0.2) is 31.0 Å². The van der Waals surface area contributed by atoms with Crippen LogP contribution in [0.4, 0.5) is 0 Å². The molecule has 0 aromatic carbocycles. The zero-order valence-corrected chi connectivity index (χ0v) is 15.9. The SMILES string of the molecule is O=C(NCc1cccnc1-n1cncn1)[C@@H]1CC(=O)N([C@@H]2CCS(=O)(=O)C2)C1. The summed E-state index contributed by atoms with van der Waals surface area (Å²) in [5.74, 6) is -0.214. The molecule has 10 nitrogen and oxygen atoms in total. The molecule has 28 heavy (non-hydrogen) atoms. The fraction of sp³-hybridized carbons (Fsp3) is 0.471. The largest absolute Gasteiger partial charge is 0.352 e. The zero-order valence-electron chi connectivity index (χ0n) is 15.1. The molecule has 2 aliphatic rings. The first-order valence-electron chi connectivity index (χ1n) is 8.99. The quantitative estimate of drug-likeness (QED) is 0.699. The maximum absolute atomic E-state index is 12.6. The minimum absolute atomic E-state index is 0.00989. The molecule has 148 valence electrons. The number of nitrogens with one attached hydrogen (secondary N) is 1. The molecule has 0 saturated carbocycles. The van der Waals surface area contributed by atoms with Crippen molar-refractivity contribution in [3.05, 3.63) is 36.5 Å². The van der Waals surface area contributed by atoms with Crippen LogP contribution in [0.3, 0.4) is 0 Å². The van der Waals surface area contributed by atoms with E-state index in [-0.39, 0.29) is 48.9 Å². The summed E-state index contributed by atoms with van der Waals surface area (Å²) in [5, 5.41) is 6.91. The summed E-state index contributed by atoms with van der Waals surface area (Å²) in [6.45, 7) is 0.498. The third kappa shape index (κ3) is 3.75. The van der Waals surface area contributed by atoms with Gasteiger partial charge in [0, 0.05) is 37.3 Å². The first kappa shape index (κ1) is 18.5. The number of sulfone groups is 1. The van der Waals surface area contributed by atoms with Crippen LogP contribution in [0, 0.1) is 5.92 Å². The highest BCUT2D eigenvalue weighted by molar-refractivity contribution is 7.91.